The van der Waals surface area contributed by atoms with Gasteiger partial charge in [-0.1, -0.05) is 0 Å². The Morgan fingerprint density at radius 1 is 0.600 bits per heavy atom. The first kappa shape index (κ1) is 17.2. The number of hydrogen-bond acceptors (Lipinski definition) is 6. The molecule has 0 saturated heterocycles. The van der Waals surface area contributed by atoms with Gasteiger partial charge in [-0.05, 0) is 0 Å². The standard InChI is InChI=1S/C6H6Cl3N3.C4H4ClN3/c7-1-4-10-5(2-8)12-6(3-9)11-4;5-1-4-7-2-6-3-8-4/h1-3H2;2-3H,1H2. The fourth-order valence-electron chi connectivity index (χ4n) is 1.03. The van der Waals surface area contributed by atoms with Gasteiger partial charge in [0.25, 0.3) is 0 Å². The van der Waals surface area contributed by atoms with Crippen molar-refractivity contribution in [1.82, 2.24) is 29.9 Å². The Bertz CT molecular complexity index is 457. The third-order valence-corrected chi connectivity index (χ3v) is 2.76. The molecule has 0 spiro atoms. The lowest BCUT2D eigenvalue weighted by Crippen LogP contribution is -2.04. The summed E-state index contributed by atoms with van der Waals surface area (Å²) in [7, 11) is 0. The van der Waals surface area contributed by atoms with Crippen molar-refractivity contribution < 1.29 is 0 Å². The maximum Gasteiger partial charge on any atom is 0.147 e. The second-order valence-corrected chi connectivity index (χ2v) is 4.24. The van der Waals surface area contributed by atoms with Crippen LogP contribution in [0.15, 0.2) is 12.7 Å². The quantitative estimate of drug-likeness (QED) is 0.784. The highest BCUT2D eigenvalue weighted by atomic mass is 35.5. The number of halogens is 4. The number of alkyl halides is 4. The minimum Gasteiger partial charge on any atom is -0.225 e. The molecule has 108 valence electrons. The highest BCUT2D eigenvalue weighted by molar-refractivity contribution is 6.17. The first-order chi connectivity index (χ1) is 9.73. The van der Waals surface area contributed by atoms with Crippen molar-refractivity contribution in [2.75, 3.05) is 0 Å². The molecule has 0 bridgehead atoms. The maximum absolute atomic E-state index is 5.55. The van der Waals surface area contributed by atoms with Gasteiger partial charge in [-0.25, -0.2) is 29.9 Å². The van der Waals surface area contributed by atoms with Crippen LogP contribution in [-0.4, -0.2) is 29.9 Å². The molecular formula is C10H10Cl4N6. The largest absolute Gasteiger partial charge is 0.225 e. The molecule has 0 amide bonds. The zero-order valence-corrected chi connectivity index (χ0v) is 13.2. The summed E-state index contributed by atoms with van der Waals surface area (Å²) >= 11 is 22.0. The van der Waals surface area contributed by atoms with Gasteiger partial charge in [0.15, 0.2) is 0 Å². The van der Waals surface area contributed by atoms with Gasteiger partial charge in [0.05, 0.1) is 23.5 Å². The molecule has 2 aromatic rings. The molecule has 0 aromatic carbocycles. The normalized spacial score (nSPS) is 9.80. The zero-order valence-electron chi connectivity index (χ0n) is 10.2. The average molecular weight is 356 g/mol. The van der Waals surface area contributed by atoms with Crippen LogP contribution in [0.2, 0.25) is 0 Å². The minimum absolute atomic E-state index is 0.246. The predicted octanol–water partition coefficient (Wildman–Crippen LogP) is 2.70. The van der Waals surface area contributed by atoms with E-state index in [4.69, 9.17) is 46.4 Å². The Labute approximate surface area is 135 Å². The van der Waals surface area contributed by atoms with Crippen molar-refractivity contribution in [2.24, 2.45) is 0 Å². The molecule has 2 rings (SSSR count). The average Bonchev–Trinajstić information content (AvgIpc) is 2.55. The van der Waals surface area contributed by atoms with Gasteiger partial charge in [0.1, 0.15) is 36.0 Å². The number of hydrogen-bond donors (Lipinski definition) is 0. The summed E-state index contributed by atoms with van der Waals surface area (Å²) in [6.45, 7) is 0. The van der Waals surface area contributed by atoms with E-state index in [-0.39, 0.29) is 17.6 Å². The van der Waals surface area contributed by atoms with Crippen LogP contribution in [0.4, 0.5) is 0 Å². The maximum atomic E-state index is 5.55. The molecule has 0 radical (unpaired) electrons. The summed E-state index contributed by atoms with van der Waals surface area (Å²) < 4.78 is 0. The first-order valence-corrected chi connectivity index (χ1v) is 7.44. The van der Waals surface area contributed by atoms with E-state index < -0.39 is 0 Å². The highest BCUT2D eigenvalue weighted by Crippen LogP contribution is 2.03. The summed E-state index contributed by atoms with van der Waals surface area (Å²) in [5.41, 5.74) is 0. The van der Waals surface area contributed by atoms with Crippen LogP contribution in [0.3, 0.4) is 0 Å². The van der Waals surface area contributed by atoms with E-state index in [0.29, 0.717) is 29.2 Å². The molecule has 0 atom stereocenters. The van der Waals surface area contributed by atoms with E-state index in [1.807, 2.05) is 0 Å². The monoisotopic (exact) mass is 354 g/mol. The van der Waals surface area contributed by atoms with Crippen LogP contribution in [0, 0.1) is 0 Å². The molecule has 0 unspecified atom stereocenters. The van der Waals surface area contributed by atoms with E-state index in [1.54, 1.807) is 0 Å². The predicted molar refractivity (Wildman–Crippen MR) is 77.9 cm³/mol. The van der Waals surface area contributed by atoms with Gasteiger partial charge in [0.2, 0.25) is 0 Å². The third-order valence-electron chi connectivity index (χ3n) is 1.80. The molecule has 0 aliphatic rings. The van der Waals surface area contributed by atoms with Crippen molar-refractivity contribution >= 4 is 46.4 Å². The van der Waals surface area contributed by atoms with Gasteiger partial charge in [-0.15, -0.1) is 46.4 Å². The van der Waals surface area contributed by atoms with Crippen LogP contribution >= 0.6 is 46.4 Å². The van der Waals surface area contributed by atoms with Crippen LogP contribution in [0.25, 0.3) is 0 Å². The Balaban J connectivity index is 0.000000217. The third kappa shape index (κ3) is 6.09. The molecule has 0 N–H and O–H groups in total. The molecule has 6 nitrogen and oxygen atoms in total. The molecule has 2 heterocycles. The molecule has 0 fully saturated rings. The van der Waals surface area contributed by atoms with Crippen molar-refractivity contribution in [3.05, 3.63) is 36.0 Å². The summed E-state index contributed by atoms with van der Waals surface area (Å²) in [5.74, 6) is 3.24. The zero-order chi connectivity index (χ0) is 14.8. The summed E-state index contributed by atoms with van der Waals surface area (Å²) in [6.07, 6.45) is 2.84. The summed E-state index contributed by atoms with van der Waals surface area (Å²) in [6, 6.07) is 0. The minimum atomic E-state index is 0.246. The van der Waals surface area contributed by atoms with Crippen LogP contribution in [-0.2, 0) is 23.5 Å². The number of rotatable bonds is 4. The lowest BCUT2D eigenvalue weighted by Gasteiger charge is -2.00. The van der Waals surface area contributed by atoms with E-state index in [1.165, 1.54) is 12.7 Å². The highest BCUT2D eigenvalue weighted by Gasteiger charge is 2.03. The van der Waals surface area contributed by atoms with E-state index in [0.717, 1.165) is 0 Å². The fourth-order valence-corrected chi connectivity index (χ4v) is 1.53. The van der Waals surface area contributed by atoms with Crippen molar-refractivity contribution in [2.45, 2.75) is 23.5 Å². The van der Waals surface area contributed by atoms with Gasteiger partial charge >= 0.3 is 0 Å². The molecular weight excluding hydrogens is 346 g/mol. The van der Waals surface area contributed by atoms with Crippen LogP contribution in [0.5, 0.6) is 0 Å². The topological polar surface area (TPSA) is 77.3 Å². The smallest absolute Gasteiger partial charge is 0.147 e. The lowest BCUT2D eigenvalue weighted by molar-refractivity contribution is 0.849. The number of nitrogens with zero attached hydrogens (tertiary/aromatic N) is 6. The van der Waals surface area contributed by atoms with E-state index in [9.17, 15) is 0 Å². The molecule has 0 aliphatic carbocycles. The Morgan fingerprint density at radius 2 is 0.950 bits per heavy atom. The first-order valence-electron chi connectivity index (χ1n) is 5.30. The van der Waals surface area contributed by atoms with Gasteiger partial charge in [-0.2, -0.15) is 0 Å². The summed E-state index contributed by atoms with van der Waals surface area (Å²) in [5, 5.41) is 0. The number of aromatic nitrogens is 6. The van der Waals surface area contributed by atoms with Crippen molar-refractivity contribution in [3.63, 3.8) is 0 Å². The van der Waals surface area contributed by atoms with Gasteiger partial charge in [0, 0.05) is 0 Å². The van der Waals surface area contributed by atoms with Gasteiger partial charge in [-0.3, -0.25) is 0 Å². The second kappa shape index (κ2) is 9.99. The molecule has 0 saturated carbocycles. The van der Waals surface area contributed by atoms with Crippen molar-refractivity contribution in [3.8, 4) is 0 Å². The SMILES string of the molecule is ClCc1nc(CCl)nc(CCl)n1.ClCc1ncncn1. The Hall–Kier alpha value is -0.820. The lowest BCUT2D eigenvalue weighted by atomic mass is 10.5. The molecule has 10 heteroatoms. The van der Waals surface area contributed by atoms with Crippen LogP contribution < -0.4 is 0 Å². The molecule has 20 heavy (non-hydrogen) atoms. The van der Waals surface area contributed by atoms with Crippen molar-refractivity contribution in [1.29, 1.82) is 0 Å². The van der Waals surface area contributed by atoms with Crippen LogP contribution in [0.1, 0.15) is 23.3 Å². The second-order valence-electron chi connectivity index (χ2n) is 3.17. The Morgan fingerprint density at radius 3 is 1.20 bits per heavy atom. The van der Waals surface area contributed by atoms with E-state index >= 15 is 0 Å². The summed E-state index contributed by atoms with van der Waals surface area (Å²) in [4.78, 5) is 23.0. The Kier molecular flexibility index (Phi) is 8.60. The molecule has 2 aromatic heterocycles. The fraction of sp³-hybridized carbons (Fsp3) is 0.400. The van der Waals surface area contributed by atoms with Gasteiger partial charge < -0.3 is 0 Å². The molecule has 0 aliphatic heterocycles. The van der Waals surface area contributed by atoms with E-state index in [2.05, 4.69) is 29.9 Å².